The Balaban J connectivity index is 1.73. The zero-order valence-corrected chi connectivity index (χ0v) is 14.3. The lowest BCUT2D eigenvalue weighted by atomic mass is 10.2. The summed E-state index contributed by atoms with van der Waals surface area (Å²) >= 11 is 0. The molecule has 1 aromatic heterocycles. The van der Waals surface area contributed by atoms with E-state index in [1.165, 1.54) is 29.2 Å². The number of hydrogen-bond donors (Lipinski definition) is 1. The SMILES string of the molecule is Cc1noc(C)c1CN(C)C(=O)NCCOc1ccc([N+](=O)[O-])cc1. The first kappa shape index (κ1) is 18.2. The molecule has 0 radical (unpaired) electrons. The van der Waals surface area contributed by atoms with Crippen LogP contribution in [0.2, 0.25) is 0 Å². The molecule has 0 aliphatic heterocycles. The van der Waals surface area contributed by atoms with Crippen LogP contribution in [0.5, 0.6) is 5.75 Å². The number of ether oxygens (including phenoxy) is 1. The van der Waals surface area contributed by atoms with E-state index in [0.717, 1.165) is 11.3 Å². The molecule has 9 heteroatoms. The molecule has 1 N–H and O–H groups in total. The number of nitrogens with one attached hydrogen (secondary N) is 1. The van der Waals surface area contributed by atoms with Crippen LogP contribution in [0.25, 0.3) is 0 Å². The molecule has 25 heavy (non-hydrogen) atoms. The van der Waals surface area contributed by atoms with Crippen LogP contribution in [0.3, 0.4) is 0 Å². The summed E-state index contributed by atoms with van der Waals surface area (Å²) in [4.78, 5) is 23.7. The molecule has 0 fully saturated rings. The molecule has 0 aliphatic rings. The fourth-order valence-electron chi connectivity index (χ4n) is 2.16. The first-order valence-corrected chi connectivity index (χ1v) is 7.66. The van der Waals surface area contributed by atoms with Gasteiger partial charge >= 0.3 is 6.03 Å². The van der Waals surface area contributed by atoms with Crippen LogP contribution in [0.1, 0.15) is 17.0 Å². The van der Waals surface area contributed by atoms with Gasteiger partial charge in [-0.2, -0.15) is 0 Å². The van der Waals surface area contributed by atoms with Gasteiger partial charge in [0, 0.05) is 24.7 Å². The number of hydrogen-bond acceptors (Lipinski definition) is 6. The van der Waals surface area contributed by atoms with E-state index in [1.54, 1.807) is 14.0 Å². The molecule has 2 amide bonds. The van der Waals surface area contributed by atoms with Crippen molar-refractivity contribution in [1.29, 1.82) is 0 Å². The lowest BCUT2D eigenvalue weighted by molar-refractivity contribution is -0.384. The minimum atomic E-state index is -0.473. The number of nitro benzene ring substituents is 1. The summed E-state index contributed by atoms with van der Waals surface area (Å²) in [6.45, 7) is 4.59. The lowest BCUT2D eigenvalue weighted by Gasteiger charge is -2.18. The minimum absolute atomic E-state index is 0.00148. The van der Waals surface area contributed by atoms with Gasteiger partial charge in [0.05, 0.1) is 23.7 Å². The first-order chi connectivity index (χ1) is 11.9. The topological polar surface area (TPSA) is 111 Å². The van der Waals surface area contributed by atoms with E-state index in [2.05, 4.69) is 10.5 Å². The Bertz CT molecular complexity index is 722. The highest BCUT2D eigenvalue weighted by atomic mass is 16.6. The largest absolute Gasteiger partial charge is 0.492 e. The van der Waals surface area contributed by atoms with Gasteiger partial charge in [-0.05, 0) is 26.0 Å². The van der Waals surface area contributed by atoms with Gasteiger partial charge in [-0.3, -0.25) is 10.1 Å². The van der Waals surface area contributed by atoms with Crippen LogP contribution in [-0.4, -0.2) is 41.2 Å². The zero-order valence-electron chi connectivity index (χ0n) is 14.3. The number of rotatable bonds is 7. The molecule has 1 heterocycles. The van der Waals surface area contributed by atoms with Gasteiger partial charge in [-0.25, -0.2) is 4.79 Å². The highest BCUT2D eigenvalue weighted by molar-refractivity contribution is 5.73. The number of aryl methyl sites for hydroxylation is 2. The van der Waals surface area contributed by atoms with Crippen LogP contribution in [0.4, 0.5) is 10.5 Å². The summed E-state index contributed by atoms with van der Waals surface area (Å²) in [5.41, 5.74) is 1.65. The van der Waals surface area contributed by atoms with E-state index in [0.29, 0.717) is 24.6 Å². The number of non-ortho nitro benzene ring substituents is 1. The number of nitro groups is 1. The Kier molecular flexibility index (Phi) is 5.93. The third kappa shape index (κ3) is 4.93. The van der Waals surface area contributed by atoms with E-state index in [-0.39, 0.29) is 18.3 Å². The van der Waals surface area contributed by atoms with E-state index in [4.69, 9.17) is 9.26 Å². The molecule has 2 rings (SSSR count). The van der Waals surface area contributed by atoms with E-state index >= 15 is 0 Å². The fraction of sp³-hybridized carbons (Fsp3) is 0.375. The average molecular weight is 348 g/mol. The van der Waals surface area contributed by atoms with Gasteiger partial charge < -0.3 is 19.5 Å². The van der Waals surface area contributed by atoms with E-state index in [1.807, 2.05) is 6.92 Å². The summed E-state index contributed by atoms with van der Waals surface area (Å²) in [6, 6.07) is 5.52. The quantitative estimate of drug-likeness (QED) is 0.467. The molecular formula is C16H20N4O5. The summed E-state index contributed by atoms with van der Waals surface area (Å²) in [6.07, 6.45) is 0. The summed E-state index contributed by atoms with van der Waals surface area (Å²) < 4.78 is 10.5. The van der Waals surface area contributed by atoms with Crippen molar-refractivity contribution in [2.45, 2.75) is 20.4 Å². The first-order valence-electron chi connectivity index (χ1n) is 7.66. The third-order valence-corrected chi connectivity index (χ3v) is 3.62. The van der Waals surface area contributed by atoms with Crippen molar-refractivity contribution in [2.75, 3.05) is 20.2 Å². The van der Waals surface area contributed by atoms with E-state index in [9.17, 15) is 14.9 Å². The smallest absolute Gasteiger partial charge is 0.317 e. The number of nitrogens with zero attached hydrogens (tertiary/aromatic N) is 3. The Morgan fingerprint density at radius 3 is 2.60 bits per heavy atom. The maximum Gasteiger partial charge on any atom is 0.317 e. The normalized spacial score (nSPS) is 10.4. The van der Waals surface area contributed by atoms with Crippen molar-refractivity contribution < 1.29 is 19.0 Å². The molecule has 134 valence electrons. The highest BCUT2D eigenvalue weighted by Gasteiger charge is 2.15. The standard InChI is InChI=1S/C16H20N4O5/c1-11-15(12(2)25-18-11)10-19(3)16(21)17-8-9-24-14-6-4-13(5-7-14)20(22)23/h4-7H,8-10H2,1-3H3,(H,17,21). The van der Waals surface area contributed by atoms with Crippen molar-refractivity contribution in [1.82, 2.24) is 15.4 Å². The Hall–Kier alpha value is -3.10. The molecular weight excluding hydrogens is 328 g/mol. The third-order valence-electron chi connectivity index (χ3n) is 3.62. The summed E-state index contributed by atoms with van der Waals surface area (Å²) in [7, 11) is 1.68. The molecule has 2 aromatic rings. The van der Waals surface area contributed by atoms with Gasteiger partial charge in [0.25, 0.3) is 5.69 Å². The highest BCUT2D eigenvalue weighted by Crippen LogP contribution is 2.17. The van der Waals surface area contributed by atoms with Crippen LogP contribution in [0, 0.1) is 24.0 Å². The van der Waals surface area contributed by atoms with Gasteiger partial charge in [0.15, 0.2) is 0 Å². The van der Waals surface area contributed by atoms with Gasteiger partial charge in [-0.15, -0.1) is 0 Å². The number of benzene rings is 1. The van der Waals surface area contributed by atoms with Crippen molar-refractivity contribution in [3.05, 3.63) is 51.4 Å². The molecule has 1 aromatic carbocycles. The zero-order chi connectivity index (χ0) is 18.4. The lowest BCUT2D eigenvalue weighted by Crippen LogP contribution is -2.38. The minimum Gasteiger partial charge on any atom is -0.492 e. The molecule has 0 spiro atoms. The van der Waals surface area contributed by atoms with Crippen molar-refractivity contribution in [3.63, 3.8) is 0 Å². The van der Waals surface area contributed by atoms with Crippen LogP contribution in [0.15, 0.2) is 28.8 Å². The van der Waals surface area contributed by atoms with Crippen molar-refractivity contribution >= 4 is 11.7 Å². The van der Waals surface area contributed by atoms with Gasteiger partial charge in [0.1, 0.15) is 18.1 Å². The molecule has 9 nitrogen and oxygen atoms in total. The maximum absolute atomic E-state index is 12.1. The molecule has 0 saturated heterocycles. The van der Waals surface area contributed by atoms with E-state index < -0.39 is 4.92 Å². The van der Waals surface area contributed by atoms with Crippen LogP contribution in [-0.2, 0) is 6.54 Å². The van der Waals surface area contributed by atoms with Crippen molar-refractivity contribution in [2.24, 2.45) is 0 Å². The summed E-state index contributed by atoms with van der Waals surface area (Å²) in [5, 5.41) is 17.2. The fourth-order valence-corrected chi connectivity index (χ4v) is 2.16. The van der Waals surface area contributed by atoms with Crippen LogP contribution < -0.4 is 10.1 Å². The monoisotopic (exact) mass is 348 g/mol. The molecule has 0 unspecified atom stereocenters. The molecule has 0 aliphatic carbocycles. The second kappa shape index (κ2) is 8.13. The molecule has 0 saturated carbocycles. The maximum atomic E-state index is 12.1. The number of aromatic nitrogens is 1. The second-order valence-corrected chi connectivity index (χ2v) is 5.49. The number of carbonyl (C=O) groups is 1. The van der Waals surface area contributed by atoms with Crippen LogP contribution >= 0.6 is 0 Å². The Morgan fingerprint density at radius 1 is 1.36 bits per heavy atom. The molecule has 0 atom stereocenters. The van der Waals surface area contributed by atoms with Crippen molar-refractivity contribution in [3.8, 4) is 5.75 Å². The number of carbonyl (C=O) groups excluding carboxylic acids is 1. The Labute approximate surface area is 144 Å². The second-order valence-electron chi connectivity index (χ2n) is 5.49. The number of amides is 2. The van der Waals surface area contributed by atoms with Gasteiger partial charge in [-0.1, -0.05) is 5.16 Å². The average Bonchev–Trinajstić information content (AvgIpc) is 2.90. The number of urea groups is 1. The predicted molar refractivity (Wildman–Crippen MR) is 89.4 cm³/mol. The Morgan fingerprint density at radius 2 is 2.04 bits per heavy atom. The molecule has 0 bridgehead atoms. The summed E-state index contributed by atoms with van der Waals surface area (Å²) in [5.74, 6) is 1.20. The predicted octanol–water partition coefficient (Wildman–Crippen LogP) is 2.42. The van der Waals surface area contributed by atoms with Gasteiger partial charge in [0.2, 0.25) is 0 Å².